The minimum Gasteiger partial charge on any atom is -0.480 e. The van der Waals surface area contributed by atoms with Crippen molar-refractivity contribution in [1.29, 1.82) is 0 Å². The van der Waals surface area contributed by atoms with Gasteiger partial charge in [-0.15, -0.1) is 0 Å². The van der Waals surface area contributed by atoms with Gasteiger partial charge < -0.3 is 10.2 Å². The van der Waals surface area contributed by atoms with Crippen LogP contribution in [0, 0.1) is 0 Å². The van der Waals surface area contributed by atoms with E-state index in [4.69, 9.17) is 10.2 Å². The molecule has 0 bridgehead atoms. The van der Waals surface area contributed by atoms with Crippen molar-refractivity contribution in [2.45, 2.75) is 0 Å². The molecule has 0 spiro atoms. The molecule has 8 heteroatoms. The van der Waals surface area contributed by atoms with Crippen LogP contribution in [0.4, 0.5) is 0 Å². The molecule has 18 heavy (non-hydrogen) atoms. The van der Waals surface area contributed by atoms with E-state index in [0.717, 1.165) is 0 Å². The lowest BCUT2D eigenvalue weighted by Crippen LogP contribution is -2.41. The summed E-state index contributed by atoms with van der Waals surface area (Å²) in [5, 5.41) is 21.3. The van der Waals surface area contributed by atoms with Gasteiger partial charge in [0.2, 0.25) is 0 Å². The predicted molar refractivity (Wildman–Crippen MR) is 74.6 cm³/mol. The van der Waals surface area contributed by atoms with Crippen LogP contribution in [-0.2, 0) is 9.59 Å². The molecule has 0 amide bonds. The molecule has 0 fully saturated rings. The third-order valence-electron chi connectivity index (χ3n) is 1.66. The van der Waals surface area contributed by atoms with Gasteiger partial charge in [0.15, 0.2) is 0 Å². The molecular formula is C10H14Br2N2O4. The van der Waals surface area contributed by atoms with Crippen molar-refractivity contribution in [3.05, 3.63) is 24.6 Å². The van der Waals surface area contributed by atoms with Crippen molar-refractivity contribution < 1.29 is 19.8 Å². The molecule has 0 heterocycles. The van der Waals surface area contributed by atoms with E-state index in [0.29, 0.717) is 10.7 Å². The van der Waals surface area contributed by atoms with Gasteiger partial charge in [-0.05, 0) is 0 Å². The predicted octanol–water partition coefficient (Wildman–Crippen LogP) is 1.49. The summed E-state index contributed by atoms with van der Waals surface area (Å²) in [6, 6.07) is 0. The molecule has 0 aliphatic heterocycles. The van der Waals surface area contributed by atoms with E-state index in [1.165, 1.54) is 22.4 Å². The summed E-state index contributed by atoms with van der Waals surface area (Å²) in [6.07, 6.45) is 6.40. The highest BCUT2D eigenvalue weighted by molar-refractivity contribution is 9.09. The number of rotatable bonds is 9. The summed E-state index contributed by atoms with van der Waals surface area (Å²) in [5.41, 5.74) is 0. The number of halogens is 2. The molecule has 0 aromatic heterocycles. The third kappa shape index (κ3) is 8.13. The largest absolute Gasteiger partial charge is 0.480 e. The Morgan fingerprint density at radius 1 is 0.889 bits per heavy atom. The van der Waals surface area contributed by atoms with Gasteiger partial charge in [-0.25, -0.2) is 0 Å². The van der Waals surface area contributed by atoms with E-state index in [-0.39, 0.29) is 13.1 Å². The van der Waals surface area contributed by atoms with Crippen molar-refractivity contribution >= 4 is 43.8 Å². The van der Waals surface area contributed by atoms with Crippen molar-refractivity contribution in [2.75, 3.05) is 23.7 Å². The van der Waals surface area contributed by atoms with Crippen LogP contribution in [0.1, 0.15) is 0 Å². The summed E-state index contributed by atoms with van der Waals surface area (Å²) in [7, 11) is 0. The molecule has 0 unspecified atom stereocenters. The van der Waals surface area contributed by atoms with Gasteiger partial charge in [-0.3, -0.25) is 19.6 Å². The monoisotopic (exact) mass is 384 g/mol. The summed E-state index contributed by atoms with van der Waals surface area (Å²) in [4.78, 5) is 21.5. The quantitative estimate of drug-likeness (QED) is 0.462. The van der Waals surface area contributed by atoms with Crippen LogP contribution in [0.15, 0.2) is 24.6 Å². The van der Waals surface area contributed by atoms with Crippen LogP contribution in [0.5, 0.6) is 0 Å². The number of hydrazine groups is 1. The molecule has 0 aromatic carbocycles. The number of carbonyl (C=O) groups is 2. The molecule has 6 nitrogen and oxygen atoms in total. The van der Waals surface area contributed by atoms with Crippen LogP contribution >= 0.6 is 31.9 Å². The first-order valence-electron chi connectivity index (χ1n) is 4.93. The molecule has 102 valence electrons. The second kappa shape index (κ2) is 9.95. The number of alkyl halides is 2. The van der Waals surface area contributed by atoms with Gasteiger partial charge in [-0.2, -0.15) is 0 Å². The molecule has 0 atom stereocenters. The third-order valence-corrected chi connectivity index (χ3v) is 2.41. The first kappa shape index (κ1) is 17.0. The normalized spacial score (nSPS) is 11.0. The van der Waals surface area contributed by atoms with Crippen molar-refractivity contribution in [1.82, 2.24) is 10.0 Å². The summed E-state index contributed by atoms with van der Waals surface area (Å²) >= 11 is 6.35. The Balaban J connectivity index is 4.91. The van der Waals surface area contributed by atoms with Crippen LogP contribution in [0.25, 0.3) is 0 Å². The smallest absolute Gasteiger partial charge is 0.325 e. The second-order valence-electron chi connectivity index (χ2n) is 3.06. The highest BCUT2D eigenvalue weighted by Crippen LogP contribution is 2.02. The molecule has 0 aromatic rings. The zero-order valence-electron chi connectivity index (χ0n) is 9.50. The fraction of sp³-hybridized carbons (Fsp3) is 0.400. The minimum absolute atomic E-state index is 0.316. The Morgan fingerprint density at radius 3 is 1.44 bits per heavy atom. The van der Waals surface area contributed by atoms with Gasteiger partial charge >= 0.3 is 11.9 Å². The summed E-state index contributed by atoms with van der Waals surface area (Å²) < 4.78 is 0. The van der Waals surface area contributed by atoms with Gasteiger partial charge in [0.25, 0.3) is 0 Å². The van der Waals surface area contributed by atoms with Crippen molar-refractivity contribution in [2.24, 2.45) is 0 Å². The number of hydrogen-bond acceptors (Lipinski definition) is 4. The van der Waals surface area contributed by atoms with Gasteiger partial charge in [0.05, 0.1) is 0 Å². The Labute approximate surface area is 122 Å². The maximum atomic E-state index is 10.7. The Kier molecular flexibility index (Phi) is 9.39. The number of carboxylic acid groups (broad SMARTS) is 2. The molecular weight excluding hydrogens is 372 g/mol. The van der Waals surface area contributed by atoms with Crippen molar-refractivity contribution in [3.8, 4) is 0 Å². The van der Waals surface area contributed by atoms with Gasteiger partial charge in [0.1, 0.15) is 13.1 Å². The number of carboxylic acids is 2. The number of allylic oxidation sites excluding steroid dienone is 2. The van der Waals surface area contributed by atoms with Gasteiger partial charge in [0, 0.05) is 23.1 Å². The average Bonchev–Trinajstić information content (AvgIpc) is 2.29. The average molecular weight is 386 g/mol. The molecule has 0 aliphatic rings. The topological polar surface area (TPSA) is 81.1 Å². The Bertz CT molecular complexity index is 302. The van der Waals surface area contributed by atoms with E-state index in [9.17, 15) is 9.59 Å². The number of nitrogens with zero attached hydrogens (tertiary/aromatic N) is 2. The lowest BCUT2D eigenvalue weighted by Gasteiger charge is -2.30. The molecule has 2 N–H and O–H groups in total. The maximum absolute atomic E-state index is 10.7. The maximum Gasteiger partial charge on any atom is 0.325 e. The number of hydrogen-bond donors (Lipinski definition) is 2. The van der Waals surface area contributed by atoms with E-state index < -0.39 is 11.9 Å². The molecule has 0 rings (SSSR count). The molecule has 0 aliphatic carbocycles. The number of aliphatic carboxylic acids is 2. The first-order valence-corrected chi connectivity index (χ1v) is 7.17. The van der Waals surface area contributed by atoms with E-state index in [2.05, 4.69) is 31.9 Å². The van der Waals surface area contributed by atoms with E-state index in [1.54, 1.807) is 12.2 Å². The van der Waals surface area contributed by atoms with E-state index >= 15 is 0 Å². The standard InChI is InChI=1S/C10H14Br2N2O4/c11-3-1-5-13(7-9(15)16)14(6-2-4-12)8-10(17)18/h1-2,5-6H,3-4,7-8H2,(H,15,16)(H,17,18)/b5-1+,6-2+. The van der Waals surface area contributed by atoms with Crippen LogP contribution in [-0.4, -0.2) is 55.9 Å². The lowest BCUT2D eigenvalue weighted by atomic mass is 10.5. The zero-order chi connectivity index (χ0) is 14.0. The van der Waals surface area contributed by atoms with Gasteiger partial charge in [-0.1, -0.05) is 44.0 Å². The molecule has 0 radical (unpaired) electrons. The lowest BCUT2D eigenvalue weighted by molar-refractivity contribution is -0.146. The first-order chi connectivity index (χ1) is 8.51. The highest BCUT2D eigenvalue weighted by Gasteiger charge is 2.14. The highest BCUT2D eigenvalue weighted by atomic mass is 79.9. The van der Waals surface area contributed by atoms with E-state index in [1.807, 2.05) is 0 Å². The van der Waals surface area contributed by atoms with Crippen LogP contribution in [0.3, 0.4) is 0 Å². The zero-order valence-corrected chi connectivity index (χ0v) is 12.7. The molecule has 0 saturated carbocycles. The van der Waals surface area contributed by atoms with Crippen molar-refractivity contribution in [3.63, 3.8) is 0 Å². The summed E-state index contributed by atoms with van der Waals surface area (Å²) in [6.45, 7) is -0.632. The second-order valence-corrected chi connectivity index (χ2v) is 4.36. The SMILES string of the molecule is O=C(O)CN(/C=C/CBr)N(/C=C/CBr)CC(=O)O. The van der Waals surface area contributed by atoms with Crippen LogP contribution < -0.4 is 0 Å². The fourth-order valence-electron chi connectivity index (χ4n) is 1.06. The van der Waals surface area contributed by atoms with Crippen LogP contribution in [0.2, 0.25) is 0 Å². The Morgan fingerprint density at radius 2 is 1.22 bits per heavy atom. The Hall–Kier alpha value is -1.02. The molecule has 0 saturated heterocycles. The summed E-state index contributed by atoms with van der Waals surface area (Å²) in [5.74, 6) is -2.09. The fourth-order valence-corrected chi connectivity index (χ4v) is 1.39. The minimum atomic E-state index is -1.04.